The van der Waals surface area contributed by atoms with Crippen LogP contribution in [0.5, 0.6) is 11.8 Å². The molecular formula is C24H26N4O3. The third-order valence-electron chi connectivity index (χ3n) is 5.36. The highest BCUT2D eigenvalue weighted by Crippen LogP contribution is 2.37. The molecule has 4 aromatic rings. The molecule has 0 saturated heterocycles. The molecule has 0 unspecified atom stereocenters. The quantitative estimate of drug-likeness (QED) is 0.429. The minimum atomic E-state index is -0.0666. The molecule has 0 aliphatic carbocycles. The number of benzene rings is 2. The molecule has 0 atom stereocenters. The average Bonchev–Trinajstić information content (AvgIpc) is 2.80. The van der Waals surface area contributed by atoms with Gasteiger partial charge in [-0.1, -0.05) is 19.4 Å². The van der Waals surface area contributed by atoms with Gasteiger partial charge in [0.05, 0.1) is 36.1 Å². The summed E-state index contributed by atoms with van der Waals surface area (Å²) in [7, 11) is 0. The number of rotatable bonds is 7. The molecule has 31 heavy (non-hydrogen) atoms. The van der Waals surface area contributed by atoms with E-state index in [1.807, 2.05) is 42.5 Å². The number of unbranched alkanes of at least 4 members (excludes halogenated alkanes) is 1. The second-order valence-electron chi connectivity index (χ2n) is 7.41. The number of hydrogen-bond donors (Lipinski definition) is 3. The summed E-state index contributed by atoms with van der Waals surface area (Å²) in [6.45, 7) is 3.18. The molecule has 7 heteroatoms. The van der Waals surface area contributed by atoms with Crippen molar-refractivity contribution in [3.05, 3.63) is 65.1 Å². The Kier molecular flexibility index (Phi) is 6.13. The van der Waals surface area contributed by atoms with Crippen LogP contribution in [0.15, 0.2) is 58.6 Å². The van der Waals surface area contributed by atoms with E-state index in [-0.39, 0.29) is 24.9 Å². The number of aromatic nitrogens is 2. The lowest BCUT2D eigenvalue weighted by molar-refractivity contribution is 0.306. The third kappa shape index (κ3) is 3.96. The number of aliphatic hydroxyl groups excluding tert-OH is 1. The standard InChI is InChI=1S/C24H26N4O3/c1-2-3-13-28-23(30)17-7-9-19(26-12-14-29)22-20(10-8-18(21(17)22)24(28)31)27-15-16-6-4-5-11-25-16/h4-11,29-31H,2-3,12-15H2,1H3. The largest absolute Gasteiger partial charge is 0.494 e. The fraction of sp³-hybridized carbons (Fsp3) is 0.292. The molecule has 7 nitrogen and oxygen atoms in total. The van der Waals surface area contributed by atoms with E-state index < -0.39 is 0 Å². The molecule has 0 radical (unpaired) electrons. The maximum Gasteiger partial charge on any atom is 0.201 e. The van der Waals surface area contributed by atoms with Crippen molar-refractivity contribution in [1.82, 2.24) is 9.55 Å². The van der Waals surface area contributed by atoms with E-state index in [0.29, 0.717) is 40.0 Å². The second kappa shape index (κ2) is 9.14. The van der Waals surface area contributed by atoms with Gasteiger partial charge < -0.3 is 15.3 Å². The fourth-order valence-electron chi connectivity index (χ4n) is 3.84. The fourth-order valence-corrected chi connectivity index (χ4v) is 3.84. The number of hydrogen-bond acceptors (Lipinski definition) is 6. The van der Waals surface area contributed by atoms with Crippen LogP contribution in [0, 0.1) is 0 Å². The summed E-state index contributed by atoms with van der Waals surface area (Å²) < 4.78 is 1.55. The van der Waals surface area contributed by atoms with Crippen molar-refractivity contribution in [3.8, 4) is 11.8 Å². The van der Waals surface area contributed by atoms with E-state index in [9.17, 15) is 15.3 Å². The Morgan fingerprint density at radius 3 is 2.23 bits per heavy atom. The zero-order chi connectivity index (χ0) is 21.8. The van der Waals surface area contributed by atoms with Crippen molar-refractivity contribution in [1.29, 1.82) is 0 Å². The highest BCUT2D eigenvalue weighted by molar-refractivity contribution is 6.13. The lowest BCUT2D eigenvalue weighted by Crippen LogP contribution is -2.17. The Morgan fingerprint density at radius 2 is 1.61 bits per heavy atom. The summed E-state index contributed by atoms with van der Waals surface area (Å²) in [4.78, 5) is 13.6. The van der Waals surface area contributed by atoms with E-state index in [2.05, 4.69) is 16.9 Å². The minimum Gasteiger partial charge on any atom is -0.494 e. The highest BCUT2D eigenvalue weighted by Gasteiger charge is 2.17. The average molecular weight is 418 g/mol. The summed E-state index contributed by atoms with van der Waals surface area (Å²) in [5.74, 6) is 0.0538. The monoisotopic (exact) mass is 418 g/mol. The Morgan fingerprint density at radius 1 is 0.903 bits per heavy atom. The normalized spacial score (nSPS) is 13.0. The van der Waals surface area contributed by atoms with Crippen molar-refractivity contribution < 1.29 is 15.3 Å². The Hall–Kier alpha value is -3.45. The molecule has 0 amide bonds. The van der Waals surface area contributed by atoms with Gasteiger partial charge in [-0.15, -0.1) is 0 Å². The first-order valence-corrected chi connectivity index (χ1v) is 10.5. The Labute approximate surface area is 179 Å². The molecule has 3 N–H and O–H groups in total. The van der Waals surface area contributed by atoms with Crippen molar-refractivity contribution in [2.24, 2.45) is 9.98 Å². The van der Waals surface area contributed by atoms with Gasteiger partial charge in [0.15, 0.2) is 0 Å². The molecule has 0 bridgehead atoms. The maximum absolute atomic E-state index is 10.9. The minimum absolute atomic E-state index is 0.0269. The first-order chi connectivity index (χ1) is 15.2. The first-order valence-electron chi connectivity index (χ1n) is 10.5. The number of aromatic hydroxyl groups is 2. The van der Waals surface area contributed by atoms with Gasteiger partial charge in [-0.3, -0.25) is 19.5 Å². The van der Waals surface area contributed by atoms with E-state index in [1.165, 1.54) is 0 Å². The van der Waals surface area contributed by atoms with E-state index in [1.54, 1.807) is 10.8 Å². The van der Waals surface area contributed by atoms with Crippen LogP contribution >= 0.6 is 0 Å². The molecule has 4 rings (SSSR count). The maximum atomic E-state index is 10.9. The smallest absolute Gasteiger partial charge is 0.201 e. The highest BCUT2D eigenvalue weighted by atomic mass is 16.3. The number of nitrogens with zero attached hydrogens (tertiary/aromatic N) is 4. The lowest BCUT2D eigenvalue weighted by Gasteiger charge is -2.17. The summed E-state index contributed by atoms with van der Waals surface area (Å²) in [6, 6.07) is 13.0. The SMILES string of the molecule is CCCCn1c(O)c2ccc(=NCCO)c3c(=NCc4ccccn4)ccc(c1O)c23. The molecular weight excluding hydrogens is 392 g/mol. The zero-order valence-corrected chi connectivity index (χ0v) is 17.5. The van der Waals surface area contributed by atoms with Gasteiger partial charge in [-0.05, 0) is 42.8 Å². The Bertz CT molecular complexity index is 1310. The molecule has 160 valence electrons. The van der Waals surface area contributed by atoms with Crippen molar-refractivity contribution >= 4 is 21.5 Å². The van der Waals surface area contributed by atoms with E-state index >= 15 is 0 Å². The van der Waals surface area contributed by atoms with E-state index in [4.69, 9.17) is 4.99 Å². The van der Waals surface area contributed by atoms with Crippen LogP contribution in [0.1, 0.15) is 25.5 Å². The third-order valence-corrected chi connectivity index (χ3v) is 5.36. The molecule has 2 heterocycles. The van der Waals surface area contributed by atoms with Gasteiger partial charge in [-0.25, -0.2) is 0 Å². The van der Waals surface area contributed by atoms with Gasteiger partial charge in [0.1, 0.15) is 0 Å². The van der Waals surface area contributed by atoms with Crippen LogP contribution in [-0.2, 0) is 13.1 Å². The zero-order valence-electron chi connectivity index (χ0n) is 17.5. The van der Waals surface area contributed by atoms with Gasteiger partial charge in [-0.2, -0.15) is 0 Å². The molecule has 0 saturated carbocycles. The second-order valence-corrected chi connectivity index (χ2v) is 7.41. The van der Waals surface area contributed by atoms with Gasteiger partial charge in [0.25, 0.3) is 0 Å². The van der Waals surface area contributed by atoms with Crippen LogP contribution in [0.2, 0.25) is 0 Å². The van der Waals surface area contributed by atoms with Crippen molar-refractivity contribution in [3.63, 3.8) is 0 Å². The van der Waals surface area contributed by atoms with Crippen LogP contribution in [-0.4, -0.2) is 38.0 Å². The van der Waals surface area contributed by atoms with E-state index in [0.717, 1.165) is 23.9 Å². The molecule has 0 spiro atoms. The molecule has 2 aromatic heterocycles. The van der Waals surface area contributed by atoms with Crippen LogP contribution < -0.4 is 10.7 Å². The van der Waals surface area contributed by atoms with Crippen LogP contribution in [0.3, 0.4) is 0 Å². The van der Waals surface area contributed by atoms with Crippen molar-refractivity contribution in [2.45, 2.75) is 32.9 Å². The number of pyridine rings is 2. The predicted molar refractivity (Wildman–Crippen MR) is 120 cm³/mol. The van der Waals surface area contributed by atoms with Gasteiger partial charge >= 0.3 is 0 Å². The first kappa shape index (κ1) is 20.8. The molecule has 0 aliphatic rings. The van der Waals surface area contributed by atoms with Crippen LogP contribution in [0.25, 0.3) is 21.5 Å². The van der Waals surface area contributed by atoms with Crippen molar-refractivity contribution in [2.75, 3.05) is 13.2 Å². The topological polar surface area (TPSA) is 103 Å². The number of aliphatic hydroxyl groups is 1. The van der Waals surface area contributed by atoms with Crippen LogP contribution in [0.4, 0.5) is 0 Å². The lowest BCUT2D eigenvalue weighted by atomic mass is 10.0. The van der Waals surface area contributed by atoms with Gasteiger partial charge in [0, 0.05) is 34.3 Å². The molecule has 2 aromatic carbocycles. The molecule has 0 aliphatic heterocycles. The Balaban J connectivity index is 2.03. The predicted octanol–water partition coefficient (Wildman–Crippen LogP) is 2.83. The summed E-state index contributed by atoms with van der Waals surface area (Å²) >= 11 is 0. The van der Waals surface area contributed by atoms with Gasteiger partial charge in [0.2, 0.25) is 11.8 Å². The summed E-state index contributed by atoms with van der Waals surface area (Å²) in [6.07, 6.45) is 3.52. The summed E-state index contributed by atoms with van der Waals surface area (Å²) in [5.41, 5.74) is 0.839. The summed E-state index contributed by atoms with van der Waals surface area (Å²) in [5, 5.41) is 35.2. The molecule has 0 fully saturated rings.